The number of hydrogen-bond acceptors (Lipinski definition) is 3. The van der Waals surface area contributed by atoms with Gasteiger partial charge in [0, 0.05) is 0 Å². The van der Waals surface area contributed by atoms with Crippen LogP contribution in [0.5, 0.6) is 5.75 Å². The third-order valence-corrected chi connectivity index (χ3v) is 10.8. The molecule has 0 bridgehead atoms. The molecule has 4 aromatic carbocycles. The highest BCUT2D eigenvalue weighted by atomic mass is 32.2. The van der Waals surface area contributed by atoms with Gasteiger partial charge in [0.2, 0.25) is 0 Å². The summed E-state index contributed by atoms with van der Waals surface area (Å²) >= 11 is 0. The van der Waals surface area contributed by atoms with Gasteiger partial charge in [-0.1, -0.05) is 139 Å². The van der Waals surface area contributed by atoms with Crippen molar-refractivity contribution in [3.05, 3.63) is 96.1 Å². The predicted octanol–water partition coefficient (Wildman–Crippen LogP) is 12.2. The smallest absolute Gasteiger partial charge is 0.178 e. The van der Waals surface area contributed by atoms with Crippen LogP contribution in [-0.4, -0.2) is 20.8 Å². The van der Waals surface area contributed by atoms with Crippen molar-refractivity contribution < 1.29 is 13.2 Å². The fourth-order valence-electron chi connectivity index (χ4n) is 6.16. The van der Waals surface area contributed by atoms with E-state index < -0.39 is 9.84 Å². The maximum Gasteiger partial charge on any atom is 0.178 e. The molecule has 0 aliphatic heterocycles. The Morgan fingerprint density at radius 1 is 0.478 bits per heavy atom. The molecule has 4 heteroatoms. The van der Waals surface area contributed by atoms with E-state index in [1.54, 1.807) is 12.1 Å². The molecule has 246 valence electrons. The van der Waals surface area contributed by atoms with Gasteiger partial charge in [0.05, 0.1) is 17.3 Å². The highest BCUT2D eigenvalue weighted by Gasteiger charge is 2.14. The van der Waals surface area contributed by atoms with Crippen LogP contribution in [0.2, 0.25) is 0 Å². The predicted molar refractivity (Wildman–Crippen MR) is 197 cm³/mol. The van der Waals surface area contributed by atoms with Crippen molar-refractivity contribution in [2.45, 2.75) is 110 Å². The van der Waals surface area contributed by atoms with E-state index >= 15 is 0 Å². The van der Waals surface area contributed by atoms with E-state index in [9.17, 15) is 8.42 Å². The second-order valence-corrected chi connectivity index (χ2v) is 14.9. The summed E-state index contributed by atoms with van der Waals surface area (Å²) in [5, 5.41) is 0. The number of benzene rings is 4. The van der Waals surface area contributed by atoms with Gasteiger partial charge in [-0.05, 0) is 95.5 Å². The Hall–Kier alpha value is -3.37. The van der Waals surface area contributed by atoms with Crippen LogP contribution in [0.25, 0.3) is 33.4 Å². The average Bonchev–Trinajstić information content (AvgIpc) is 3.07. The van der Waals surface area contributed by atoms with Crippen LogP contribution >= 0.6 is 0 Å². The van der Waals surface area contributed by atoms with Crippen molar-refractivity contribution in [3.63, 3.8) is 0 Å². The lowest BCUT2D eigenvalue weighted by atomic mass is 9.96. The summed E-state index contributed by atoms with van der Waals surface area (Å²) in [6.07, 6.45) is 14.3. The molecule has 0 amide bonds. The van der Waals surface area contributed by atoms with Crippen LogP contribution in [0.1, 0.15) is 102 Å². The Balaban J connectivity index is 1.32. The number of aryl methyl sites for hydroxylation is 2. The first-order valence-electron chi connectivity index (χ1n) is 17.6. The van der Waals surface area contributed by atoms with E-state index in [2.05, 4.69) is 88.4 Å². The van der Waals surface area contributed by atoms with Crippen LogP contribution < -0.4 is 4.74 Å². The zero-order valence-corrected chi connectivity index (χ0v) is 29.4. The molecule has 0 fully saturated rings. The molecular formula is C42H54O3S. The standard InChI is InChI=1S/C42H54O3S/c1-5-7-9-11-12-13-14-15-29-45-42-33(3)31-40(32-34(42)4)39-23-21-36(22-24-39)35-17-19-37(20-18-35)38-25-27-41(28-26-38)46(43,44)30-16-10-8-6-2/h17-28,31-32H,5-16,29-30H2,1-4H3. The Morgan fingerprint density at radius 3 is 1.30 bits per heavy atom. The van der Waals surface area contributed by atoms with E-state index in [4.69, 9.17) is 4.74 Å². The lowest BCUT2D eigenvalue weighted by Crippen LogP contribution is -2.06. The fraction of sp³-hybridized carbons (Fsp3) is 0.429. The molecule has 4 rings (SSSR count). The molecule has 0 unspecified atom stereocenters. The van der Waals surface area contributed by atoms with Crippen molar-refractivity contribution in [1.29, 1.82) is 0 Å². The van der Waals surface area contributed by atoms with Gasteiger partial charge >= 0.3 is 0 Å². The molecule has 0 aliphatic carbocycles. The van der Waals surface area contributed by atoms with Crippen LogP contribution in [0.4, 0.5) is 0 Å². The SMILES string of the molecule is CCCCCCCCCCOc1c(C)cc(-c2ccc(-c3ccc(-c4ccc(S(=O)(=O)CCCCCC)cc4)cc3)cc2)cc1C. The first kappa shape index (κ1) is 35.5. The van der Waals surface area contributed by atoms with E-state index in [0.29, 0.717) is 4.90 Å². The molecule has 3 nitrogen and oxygen atoms in total. The average molecular weight is 639 g/mol. The van der Waals surface area contributed by atoms with Crippen LogP contribution in [0, 0.1) is 13.8 Å². The highest BCUT2D eigenvalue weighted by Crippen LogP contribution is 2.32. The van der Waals surface area contributed by atoms with E-state index in [-0.39, 0.29) is 5.75 Å². The largest absolute Gasteiger partial charge is 0.493 e. The number of rotatable bonds is 19. The molecule has 0 aliphatic rings. The third kappa shape index (κ3) is 10.3. The zero-order valence-electron chi connectivity index (χ0n) is 28.6. The summed E-state index contributed by atoms with van der Waals surface area (Å²) in [7, 11) is -3.23. The minimum Gasteiger partial charge on any atom is -0.493 e. The van der Waals surface area contributed by atoms with Gasteiger partial charge in [0.25, 0.3) is 0 Å². The lowest BCUT2D eigenvalue weighted by Gasteiger charge is -2.15. The molecule has 0 spiro atoms. The van der Waals surface area contributed by atoms with Crippen molar-refractivity contribution in [3.8, 4) is 39.1 Å². The summed E-state index contributed by atoms with van der Waals surface area (Å²) in [5.74, 6) is 1.25. The first-order valence-corrected chi connectivity index (χ1v) is 19.3. The van der Waals surface area contributed by atoms with Crippen LogP contribution in [0.15, 0.2) is 89.8 Å². The second kappa shape index (κ2) is 18.1. The summed E-state index contributed by atoms with van der Waals surface area (Å²) in [6.45, 7) is 9.48. The van der Waals surface area contributed by atoms with E-state index in [0.717, 1.165) is 61.2 Å². The van der Waals surface area contributed by atoms with Gasteiger partial charge in [0.15, 0.2) is 9.84 Å². The van der Waals surface area contributed by atoms with Gasteiger partial charge < -0.3 is 4.74 Å². The molecule has 0 saturated carbocycles. The summed E-state index contributed by atoms with van der Waals surface area (Å²) in [4.78, 5) is 0.413. The van der Waals surface area contributed by atoms with Gasteiger partial charge in [-0.25, -0.2) is 8.42 Å². The number of hydrogen-bond donors (Lipinski definition) is 0. The van der Waals surface area contributed by atoms with Crippen LogP contribution in [-0.2, 0) is 9.84 Å². The van der Waals surface area contributed by atoms with Crippen molar-refractivity contribution in [2.24, 2.45) is 0 Å². The Bertz CT molecular complexity index is 1560. The minimum absolute atomic E-state index is 0.220. The number of unbranched alkanes of at least 4 members (excludes halogenated alkanes) is 10. The quantitative estimate of drug-likeness (QED) is 0.0960. The van der Waals surface area contributed by atoms with Crippen molar-refractivity contribution >= 4 is 9.84 Å². The highest BCUT2D eigenvalue weighted by molar-refractivity contribution is 7.91. The Labute approximate surface area is 279 Å². The van der Waals surface area contributed by atoms with Crippen LogP contribution in [0.3, 0.4) is 0 Å². The maximum atomic E-state index is 12.7. The molecule has 0 aromatic heterocycles. The number of sulfone groups is 1. The molecule has 0 saturated heterocycles. The van der Waals surface area contributed by atoms with Gasteiger partial charge in [-0.15, -0.1) is 0 Å². The van der Waals surface area contributed by atoms with E-state index in [1.165, 1.54) is 72.8 Å². The Morgan fingerprint density at radius 2 is 0.848 bits per heavy atom. The molecular weight excluding hydrogens is 585 g/mol. The van der Waals surface area contributed by atoms with Gasteiger partial charge in [-0.3, -0.25) is 0 Å². The van der Waals surface area contributed by atoms with Gasteiger partial charge in [-0.2, -0.15) is 0 Å². The summed E-state index contributed by atoms with van der Waals surface area (Å²) < 4.78 is 31.6. The zero-order chi connectivity index (χ0) is 32.8. The fourth-order valence-corrected chi connectivity index (χ4v) is 7.53. The topological polar surface area (TPSA) is 43.4 Å². The molecule has 0 atom stereocenters. The van der Waals surface area contributed by atoms with E-state index in [1.807, 2.05) is 12.1 Å². The number of ether oxygens (including phenoxy) is 1. The minimum atomic E-state index is -3.23. The van der Waals surface area contributed by atoms with Gasteiger partial charge in [0.1, 0.15) is 5.75 Å². The van der Waals surface area contributed by atoms with Crippen molar-refractivity contribution in [2.75, 3.05) is 12.4 Å². The Kier molecular flexibility index (Phi) is 14.0. The molecule has 0 heterocycles. The molecule has 0 N–H and O–H groups in total. The summed E-state index contributed by atoms with van der Waals surface area (Å²) in [5.41, 5.74) is 9.19. The molecule has 4 aromatic rings. The first-order chi connectivity index (χ1) is 22.3. The third-order valence-electron chi connectivity index (χ3n) is 8.95. The monoisotopic (exact) mass is 638 g/mol. The normalized spacial score (nSPS) is 11.6. The van der Waals surface area contributed by atoms with Crippen molar-refractivity contribution in [1.82, 2.24) is 0 Å². The maximum absolute atomic E-state index is 12.7. The summed E-state index contributed by atoms with van der Waals surface area (Å²) in [6, 6.07) is 29.0. The lowest BCUT2D eigenvalue weighted by molar-refractivity contribution is 0.300. The molecule has 46 heavy (non-hydrogen) atoms. The second-order valence-electron chi connectivity index (χ2n) is 12.8. The molecule has 0 radical (unpaired) electrons.